The van der Waals surface area contributed by atoms with Crippen LogP contribution in [-0.2, 0) is 14.8 Å². The first-order valence-electron chi connectivity index (χ1n) is 5.59. The lowest BCUT2D eigenvalue weighted by atomic mass is 10.3. The lowest BCUT2D eigenvalue weighted by molar-refractivity contribution is -0.387. The molecule has 1 aromatic rings. The Hall–Kier alpha value is -1.75. The average Bonchev–Trinajstić information content (AvgIpc) is 2.43. The number of methoxy groups -OCH3 is 1. The van der Waals surface area contributed by atoms with Crippen LogP contribution in [0.3, 0.4) is 0 Å². The number of sulfonamides is 1. The molecule has 0 fully saturated rings. The van der Waals surface area contributed by atoms with Gasteiger partial charge >= 0.3 is 0 Å². The number of nitrogens with zero attached hydrogens (tertiary/aromatic N) is 1. The zero-order valence-electron chi connectivity index (χ0n) is 11.0. The Morgan fingerprint density at radius 1 is 1.50 bits per heavy atom. The predicted molar refractivity (Wildman–Crippen MR) is 72.6 cm³/mol. The lowest BCUT2D eigenvalue weighted by Crippen LogP contribution is -2.32. The van der Waals surface area contributed by atoms with E-state index in [4.69, 9.17) is 10.6 Å². The van der Waals surface area contributed by atoms with E-state index >= 15 is 0 Å². The molecule has 1 rings (SSSR count). The van der Waals surface area contributed by atoms with Crippen molar-refractivity contribution in [1.82, 2.24) is 4.72 Å². The molecule has 0 amide bonds. The lowest BCUT2D eigenvalue weighted by Gasteiger charge is -2.12. The number of benzene rings is 1. The van der Waals surface area contributed by atoms with Gasteiger partial charge in [-0.1, -0.05) is 0 Å². The standard InChI is InChI=1S/C10H16N4O5S/c1-7(19-2)6-12-20(17,18)10-5-8(13-11)3-4-9(10)14(15)16/h3-5,7,12-13H,6,11H2,1-2H3. The maximum atomic E-state index is 12.1. The molecule has 9 nitrogen and oxygen atoms in total. The van der Waals surface area contributed by atoms with Crippen molar-refractivity contribution < 1.29 is 18.1 Å². The molecule has 0 aliphatic heterocycles. The van der Waals surface area contributed by atoms with Gasteiger partial charge in [-0.05, 0) is 19.1 Å². The van der Waals surface area contributed by atoms with Crippen molar-refractivity contribution in [1.29, 1.82) is 0 Å². The number of nitrogens with one attached hydrogen (secondary N) is 2. The summed E-state index contributed by atoms with van der Waals surface area (Å²) < 4.78 is 31.4. The summed E-state index contributed by atoms with van der Waals surface area (Å²) in [5, 5.41) is 10.9. The van der Waals surface area contributed by atoms with E-state index in [-0.39, 0.29) is 18.3 Å². The molecule has 1 atom stereocenters. The highest BCUT2D eigenvalue weighted by molar-refractivity contribution is 7.89. The van der Waals surface area contributed by atoms with Gasteiger partial charge in [-0.25, -0.2) is 13.1 Å². The van der Waals surface area contributed by atoms with Crippen molar-refractivity contribution in [3.8, 4) is 0 Å². The number of ether oxygens (including phenoxy) is 1. The highest BCUT2D eigenvalue weighted by atomic mass is 32.2. The minimum Gasteiger partial charge on any atom is -0.380 e. The Morgan fingerprint density at radius 3 is 2.65 bits per heavy atom. The molecule has 0 spiro atoms. The molecule has 0 bridgehead atoms. The fourth-order valence-electron chi connectivity index (χ4n) is 1.36. The minimum atomic E-state index is -4.04. The Labute approximate surface area is 116 Å². The maximum Gasteiger partial charge on any atom is 0.289 e. The molecule has 0 saturated carbocycles. The summed E-state index contributed by atoms with van der Waals surface area (Å²) in [6, 6.07) is 3.48. The maximum absolute atomic E-state index is 12.1. The van der Waals surface area contributed by atoms with Crippen LogP contribution >= 0.6 is 0 Å². The summed E-state index contributed by atoms with van der Waals surface area (Å²) in [5.74, 6) is 5.18. The summed E-state index contributed by atoms with van der Waals surface area (Å²) in [5.41, 5.74) is 1.96. The largest absolute Gasteiger partial charge is 0.380 e. The second kappa shape index (κ2) is 6.61. The molecule has 1 unspecified atom stereocenters. The number of nitro groups is 1. The average molecular weight is 304 g/mol. The Bertz CT molecular complexity index is 589. The number of anilines is 1. The molecule has 0 aliphatic rings. The normalized spacial score (nSPS) is 12.9. The van der Waals surface area contributed by atoms with Crippen LogP contribution in [0.15, 0.2) is 23.1 Å². The van der Waals surface area contributed by atoms with Gasteiger partial charge < -0.3 is 10.2 Å². The highest BCUT2D eigenvalue weighted by Crippen LogP contribution is 2.26. The molecular formula is C10H16N4O5S. The topological polar surface area (TPSA) is 137 Å². The van der Waals surface area contributed by atoms with Crippen LogP contribution in [0.5, 0.6) is 0 Å². The van der Waals surface area contributed by atoms with Crippen LogP contribution in [0.2, 0.25) is 0 Å². The minimum absolute atomic E-state index is 0.00370. The van der Waals surface area contributed by atoms with Crippen molar-refractivity contribution in [2.45, 2.75) is 17.9 Å². The summed E-state index contributed by atoms with van der Waals surface area (Å²) >= 11 is 0. The van der Waals surface area contributed by atoms with E-state index < -0.39 is 25.5 Å². The van der Waals surface area contributed by atoms with Crippen molar-refractivity contribution >= 4 is 21.4 Å². The zero-order chi connectivity index (χ0) is 15.3. The Morgan fingerprint density at radius 2 is 2.15 bits per heavy atom. The van der Waals surface area contributed by atoms with E-state index in [1.807, 2.05) is 0 Å². The molecule has 0 radical (unpaired) electrons. The van der Waals surface area contributed by atoms with Gasteiger partial charge in [-0.15, -0.1) is 0 Å². The van der Waals surface area contributed by atoms with Gasteiger partial charge in [0.15, 0.2) is 4.90 Å². The van der Waals surface area contributed by atoms with E-state index in [0.29, 0.717) is 0 Å². The highest BCUT2D eigenvalue weighted by Gasteiger charge is 2.26. The molecule has 0 saturated heterocycles. The number of nitro benzene ring substituents is 1. The van der Waals surface area contributed by atoms with Crippen molar-refractivity contribution in [3.63, 3.8) is 0 Å². The first kappa shape index (κ1) is 16.3. The second-order valence-corrected chi connectivity index (χ2v) is 5.72. The Balaban J connectivity index is 3.18. The van der Waals surface area contributed by atoms with Gasteiger partial charge in [0.05, 0.1) is 16.7 Å². The number of rotatable bonds is 7. The third kappa shape index (κ3) is 3.87. The molecule has 4 N–H and O–H groups in total. The third-order valence-corrected chi connectivity index (χ3v) is 4.03. The monoisotopic (exact) mass is 304 g/mol. The Kier molecular flexibility index (Phi) is 5.39. The zero-order valence-corrected chi connectivity index (χ0v) is 11.8. The smallest absolute Gasteiger partial charge is 0.289 e. The fraction of sp³-hybridized carbons (Fsp3) is 0.400. The number of hydrogen-bond acceptors (Lipinski definition) is 7. The molecule has 0 aliphatic carbocycles. The van der Waals surface area contributed by atoms with Crippen LogP contribution in [0.25, 0.3) is 0 Å². The van der Waals surface area contributed by atoms with Gasteiger partial charge in [0, 0.05) is 19.7 Å². The van der Waals surface area contributed by atoms with Gasteiger partial charge in [0.2, 0.25) is 10.0 Å². The van der Waals surface area contributed by atoms with Crippen LogP contribution in [-0.4, -0.2) is 33.1 Å². The molecule has 0 aromatic heterocycles. The SMILES string of the molecule is COC(C)CNS(=O)(=O)c1cc(NN)ccc1[N+](=O)[O-]. The molecule has 20 heavy (non-hydrogen) atoms. The summed E-state index contributed by atoms with van der Waals surface area (Å²) in [6.07, 6.45) is -0.361. The first-order valence-corrected chi connectivity index (χ1v) is 7.07. The van der Waals surface area contributed by atoms with Gasteiger partial charge in [-0.2, -0.15) is 0 Å². The van der Waals surface area contributed by atoms with Crippen LogP contribution in [0, 0.1) is 10.1 Å². The van der Waals surface area contributed by atoms with Gasteiger partial charge in [-0.3, -0.25) is 16.0 Å². The van der Waals surface area contributed by atoms with Crippen LogP contribution in [0.1, 0.15) is 6.92 Å². The molecule has 1 aromatic carbocycles. The number of hydrazine groups is 1. The van der Waals surface area contributed by atoms with Gasteiger partial charge in [0.1, 0.15) is 0 Å². The predicted octanol–water partition coefficient (Wildman–Crippen LogP) is 0.194. The van der Waals surface area contributed by atoms with E-state index in [2.05, 4.69) is 10.1 Å². The van der Waals surface area contributed by atoms with E-state index in [0.717, 1.165) is 12.1 Å². The second-order valence-electron chi connectivity index (χ2n) is 3.98. The van der Waals surface area contributed by atoms with Crippen molar-refractivity contribution in [2.75, 3.05) is 19.1 Å². The summed E-state index contributed by atoms with van der Waals surface area (Å²) in [6.45, 7) is 1.66. The van der Waals surface area contributed by atoms with Crippen LogP contribution < -0.4 is 16.0 Å². The first-order chi connectivity index (χ1) is 9.31. The van der Waals surface area contributed by atoms with Crippen molar-refractivity contribution in [3.05, 3.63) is 28.3 Å². The van der Waals surface area contributed by atoms with Gasteiger partial charge in [0.25, 0.3) is 5.69 Å². The van der Waals surface area contributed by atoms with E-state index in [1.165, 1.54) is 13.2 Å². The number of hydrogen-bond donors (Lipinski definition) is 3. The van der Waals surface area contributed by atoms with Crippen LogP contribution in [0.4, 0.5) is 11.4 Å². The molecule has 0 heterocycles. The number of nitrogens with two attached hydrogens (primary N) is 1. The molecule has 112 valence electrons. The van der Waals surface area contributed by atoms with Crippen molar-refractivity contribution in [2.24, 2.45) is 5.84 Å². The summed E-state index contributed by atoms with van der Waals surface area (Å²) in [7, 11) is -2.61. The van der Waals surface area contributed by atoms with E-state index in [9.17, 15) is 18.5 Å². The third-order valence-electron chi connectivity index (χ3n) is 2.58. The van der Waals surface area contributed by atoms with E-state index in [1.54, 1.807) is 6.92 Å². The fourth-order valence-corrected chi connectivity index (χ4v) is 2.67. The molecular weight excluding hydrogens is 288 g/mol. The quantitative estimate of drug-likeness (QED) is 0.371. The molecule has 10 heteroatoms. The summed E-state index contributed by atoms with van der Waals surface area (Å²) in [4.78, 5) is 9.67. The number of nitrogen functional groups attached to an aromatic ring is 1.